The Hall–Kier alpha value is -1.43. The van der Waals surface area contributed by atoms with E-state index in [1.54, 1.807) is 11.3 Å². The molecule has 22 heavy (non-hydrogen) atoms. The zero-order valence-corrected chi connectivity index (χ0v) is 14.1. The van der Waals surface area contributed by atoms with E-state index >= 15 is 0 Å². The van der Waals surface area contributed by atoms with Crippen LogP contribution in [0.15, 0.2) is 5.38 Å². The van der Waals surface area contributed by atoms with Crippen LogP contribution in [0.1, 0.15) is 43.8 Å². The number of carbonyl (C=O) groups is 2. The molecule has 1 aromatic heterocycles. The number of amides is 3. The highest BCUT2D eigenvalue weighted by molar-refractivity contribution is 7.09. The molecule has 1 saturated heterocycles. The quantitative estimate of drug-likeness (QED) is 0.838. The lowest BCUT2D eigenvalue weighted by atomic mass is 9.76. The van der Waals surface area contributed by atoms with Crippen LogP contribution in [0.2, 0.25) is 0 Å². The zero-order valence-electron chi connectivity index (χ0n) is 13.2. The molecule has 0 atom stereocenters. The molecule has 5 nitrogen and oxygen atoms in total. The largest absolute Gasteiger partial charge is 0.327 e. The molecule has 1 aliphatic carbocycles. The van der Waals surface area contributed by atoms with Crippen LogP contribution in [-0.2, 0) is 17.8 Å². The van der Waals surface area contributed by atoms with Crippen molar-refractivity contribution in [1.29, 1.82) is 0 Å². The average molecular weight is 321 g/mol. The van der Waals surface area contributed by atoms with Crippen LogP contribution in [0.25, 0.3) is 0 Å². The molecule has 0 aromatic carbocycles. The van der Waals surface area contributed by atoms with Gasteiger partial charge in [-0.3, -0.25) is 9.69 Å². The van der Waals surface area contributed by atoms with E-state index in [0.29, 0.717) is 25.4 Å². The first kappa shape index (κ1) is 15.5. The molecule has 120 valence electrons. The van der Waals surface area contributed by atoms with Gasteiger partial charge < -0.3 is 4.90 Å². The van der Waals surface area contributed by atoms with Crippen molar-refractivity contribution in [3.63, 3.8) is 0 Å². The monoisotopic (exact) mass is 321 g/mol. The molecule has 0 unspecified atom stereocenters. The maximum atomic E-state index is 12.6. The topological polar surface area (TPSA) is 53.5 Å². The molecule has 6 heteroatoms. The molecule has 0 spiro atoms. The number of aromatic nitrogens is 1. The van der Waals surface area contributed by atoms with Gasteiger partial charge in [0.2, 0.25) is 5.91 Å². The van der Waals surface area contributed by atoms with Gasteiger partial charge in [0.1, 0.15) is 0 Å². The van der Waals surface area contributed by atoms with Gasteiger partial charge in [0.25, 0.3) is 0 Å². The highest BCUT2D eigenvalue weighted by Gasteiger charge is 2.35. The third-order valence-electron chi connectivity index (χ3n) is 4.57. The molecule has 0 radical (unpaired) electrons. The van der Waals surface area contributed by atoms with Gasteiger partial charge in [0.05, 0.1) is 17.2 Å². The Labute approximate surface area is 135 Å². The fourth-order valence-corrected chi connectivity index (χ4v) is 4.08. The maximum absolute atomic E-state index is 12.6. The lowest BCUT2D eigenvalue weighted by molar-refractivity contribution is -0.131. The second-order valence-corrected chi connectivity index (χ2v) is 7.43. The first-order chi connectivity index (χ1) is 10.6. The lowest BCUT2D eigenvalue weighted by Crippen LogP contribution is -2.53. The summed E-state index contributed by atoms with van der Waals surface area (Å²) in [6.45, 7) is 5.98. The molecule has 1 saturated carbocycles. The predicted octanol–water partition coefficient (Wildman–Crippen LogP) is 2.91. The molecule has 1 aromatic rings. The lowest BCUT2D eigenvalue weighted by Gasteiger charge is -2.40. The summed E-state index contributed by atoms with van der Waals surface area (Å²) in [5.41, 5.74) is 0.822. The molecular weight excluding hydrogens is 298 g/mol. The average Bonchev–Trinajstić information content (AvgIpc) is 2.92. The van der Waals surface area contributed by atoms with Crippen molar-refractivity contribution in [3.05, 3.63) is 16.1 Å². The summed E-state index contributed by atoms with van der Waals surface area (Å²) >= 11 is 1.59. The standard InChI is InChI=1S/C16H23N3O2S/c1-3-14-17-13(10-22-14)9-19-15(20)4-5-18(16(19)21)8-12-6-11(2)7-12/h10-12H,3-9H2,1-2H3. The Morgan fingerprint density at radius 2 is 2.14 bits per heavy atom. The van der Waals surface area contributed by atoms with Crippen LogP contribution in [0.4, 0.5) is 4.79 Å². The van der Waals surface area contributed by atoms with Gasteiger partial charge in [-0.05, 0) is 31.1 Å². The highest BCUT2D eigenvalue weighted by atomic mass is 32.1. The predicted molar refractivity (Wildman–Crippen MR) is 85.5 cm³/mol. The summed E-state index contributed by atoms with van der Waals surface area (Å²) in [6, 6.07) is -0.137. The molecule has 1 aliphatic heterocycles. The fourth-order valence-electron chi connectivity index (χ4n) is 3.34. The minimum Gasteiger partial charge on any atom is -0.323 e. The fraction of sp³-hybridized carbons (Fsp3) is 0.688. The highest BCUT2D eigenvalue weighted by Crippen LogP contribution is 2.34. The summed E-state index contributed by atoms with van der Waals surface area (Å²) in [6.07, 6.45) is 3.71. The van der Waals surface area contributed by atoms with Crippen molar-refractivity contribution in [2.75, 3.05) is 13.1 Å². The Morgan fingerprint density at radius 1 is 1.36 bits per heavy atom. The summed E-state index contributed by atoms with van der Waals surface area (Å²) in [5.74, 6) is 1.32. The van der Waals surface area contributed by atoms with Crippen molar-refractivity contribution in [2.24, 2.45) is 11.8 Å². The normalized spacial score (nSPS) is 25.5. The van der Waals surface area contributed by atoms with Crippen molar-refractivity contribution < 1.29 is 9.59 Å². The van der Waals surface area contributed by atoms with E-state index in [1.165, 1.54) is 17.7 Å². The van der Waals surface area contributed by atoms with Crippen LogP contribution >= 0.6 is 11.3 Å². The van der Waals surface area contributed by atoms with E-state index in [1.807, 2.05) is 10.3 Å². The molecule has 3 amide bonds. The Balaban J connectivity index is 1.63. The number of aryl methyl sites for hydroxylation is 1. The number of urea groups is 1. The summed E-state index contributed by atoms with van der Waals surface area (Å²) in [7, 11) is 0. The summed E-state index contributed by atoms with van der Waals surface area (Å²) in [4.78, 5) is 32.4. The number of rotatable bonds is 5. The Bertz CT molecular complexity index is 565. The second-order valence-electron chi connectivity index (χ2n) is 6.49. The maximum Gasteiger partial charge on any atom is 0.327 e. The minimum absolute atomic E-state index is 0.0747. The molecule has 0 bridgehead atoms. The van der Waals surface area contributed by atoms with Crippen LogP contribution in [-0.4, -0.2) is 39.8 Å². The van der Waals surface area contributed by atoms with E-state index < -0.39 is 0 Å². The number of imide groups is 1. The van der Waals surface area contributed by atoms with Crippen molar-refractivity contribution in [1.82, 2.24) is 14.8 Å². The van der Waals surface area contributed by atoms with Gasteiger partial charge in [-0.2, -0.15) is 0 Å². The first-order valence-corrected chi connectivity index (χ1v) is 8.97. The third-order valence-corrected chi connectivity index (χ3v) is 5.61. The second kappa shape index (κ2) is 6.36. The number of thiazole rings is 1. The van der Waals surface area contributed by atoms with Crippen molar-refractivity contribution in [2.45, 2.75) is 46.1 Å². The van der Waals surface area contributed by atoms with E-state index in [0.717, 1.165) is 29.6 Å². The Morgan fingerprint density at radius 3 is 2.77 bits per heavy atom. The summed E-state index contributed by atoms with van der Waals surface area (Å²) < 4.78 is 0. The molecule has 2 heterocycles. The molecule has 3 rings (SSSR count). The number of carbonyl (C=O) groups excluding carboxylic acids is 2. The molecule has 2 fully saturated rings. The van der Waals surface area contributed by atoms with E-state index in [9.17, 15) is 9.59 Å². The Kier molecular flexibility index (Phi) is 4.47. The SMILES string of the molecule is CCc1nc(CN2C(=O)CCN(CC3CC(C)C3)C2=O)cs1. The van der Waals surface area contributed by atoms with Crippen LogP contribution < -0.4 is 0 Å². The van der Waals surface area contributed by atoms with Gasteiger partial charge in [-0.25, -0.2) is 9.78 Å². The van der Waals surface area contributed by atoms with Gasteiger partial charge >= 0.3 is 6.03 Å². The van der Waals surface area contributed by atoms with Crippen molar-refractivity contribution in [3.8, 4) is 0 Å². The van der Waals surface area contributed by atoms with Gasteiger partial charge in [0, 0.05) is 24.9 Å². The van der Waals surface area contributed by atoms with Crippen LogP contribution in [0, 0.1) is 11.8 Å². The van der Waals surface area contributed by atoms with Crippen LogP contribution in [0.3, 0.4) is 0 Å². The van der Waals surface area contributed by atoms with E-state index in [4.69, 9.17) is 0 Å². The zero-order chi connectivity index (χ0) is 15.7. The van der Waals surface area contributed by atoms with Crippen molar-refractivity contribution >= 4 is 23.3 Å². The van der Waals surface area contributed by atoms with Gasteiger partial charge in [-0.15, -0.1) is 11.3 Å². The number of nitrogens with zero attached hydrogens (tertiary/aromatic N) is 3. The number of hydrogen-bond donors (Lipinski definition) is 0. The first-order valence-electron chi connectivity index (χ1n) is 8.09. The number of hydrogen-bond acceptors (Lipinski definition) is 4. The van der Waals surface area contributed by atoms with E-state index in [-0.39, 0.29) is 11.9 Å². The molecule has 0 N–H and O–H groups in total. The molecular formula is C16H23N3O2S. The summed E-state index contributed by atoms with van der Waals surface area (Å²) in [5, 5.41) is 3.00. The minimum atomic E-state index is -0.137. The van der Waals surface area contributed by atoms with Gasteiger partial charge in [-0.1, -0.05) is 13.8 Å². The molecule has 2 aliphatic rings. The third kappa shape index (κ3) is 3.16. The van der Waals surface area contributed by atoms with Gasteiger partial charge in [0.15, 0.2) is 0 Å². The van der Waals surface area contributed by atoms with Crippen LogP contribution in [0.5, 0.6) is 0 Å². The smallest absolute Gasteiger partial charge is 0.323 e. The van der Waals surface area contributed by atoms with E-state index in [2.05, 4.69) is 18.8 Å².